The highest BCUT2D eigenvalue weighted by Gasteiger charge is 2.16. The van der Waals surface area contributed by atoms with Crippen LogP contribution in [0.2, 0.25) is 0 Å². The third-order valence-electron chi connectivity index (χ3n) is 2.83. The van der Waals surface area contributed by atoms with Crippen LogP contribution in [-0.4, -0.2) is 59.4 Å². The fourth-order valence-electron chi connectivity index (χ4n) is 0.998. The normalized spacial score (nSPS) is 15.9. The Bertz CT molecular complexity index is 317. The smallest absolute Gasteiger partial charge is 0.329 e. The Kier molecular flexibility index (Phi) is 21.3. The standard InChI is InChI=1S/C4H11O3P.C4H11O2PS.C4H11OPS2/c1-4-8(5,6-2)7-3;1-4-7(5,6-2)8-3;1-4-6(7,5-2)8-3/h3*4H2,1-3H3. The van der Waals surface area contributed by atoms with Gasteiger partial charge in [-0.05, 0) is 12.5 Å². The zero-order valence-electron chi connectivity index (χ0n) is 16.1. The molecule has 0 aromatic carbocycles. The van der Waals surface area contributed by atoms with E-state index in [1.165, 1.54) is 32.7 Å². The van der Waals surface area contributed by atoms with Crippen molar-refractivity contribution >= 4 is 54.2 Å². The van der Waals surface area contributed by atoms with Gasteiger partial charge >= 0.3 is 7.60 Å². The van der Waals surface area contributed by atoms with Gasteiger partial charge in [0.25, 0.3) is 6.57 Å². The quantitative estimate of drug-likeness (QED) is 0.382. The van der Waals surface area contributed by atoms with E-state index in [9.17, 15) is 9.13 Å². The van der Waals surface area contributed by atoms with Crippen molar-refractivity contribution in [3.05, 3.63) is 0 Å². The molecular weight excluding hydrogens is 429 g/mol. The zero-order valence-corrected chi connectivity index (χ0v) is 21.3. The average molecular weight is 463 g/mol. The fourth-order valence-corrected chi connectivity index (χ4v) is 5.44. The highest BCUT2D eigenvalue weighted by Crippen LogP contribution is 2.57. The van der Waals surface area contributed by atoms with Gasteiger partial charge in [0.05, 0.1) is 0 Å². The third-order valence-corrected chi connectivity index (χ3v) is 16.8. The fraction of sp³-hybridized carbons (Fsp3) is 1.00. The van der Waals surface area contributed by atoms with E-state index >= 15 is 0 Å². The summed E-state index contributed by atoms with van der Waals surface area (Å²) in [5.41, 5.74) is -1.41. The Morgan fingerprint density at radius 3 is 1.21 bits per heavy atom. The lowest BCUT2D eigenvalue weighted by atomic mass is 11.0. The summed E-state index contributed by atoms with van der Waals surface area (Å²) >= 11 is 8.14. The summed E-state index contributed by atoms with van der Waals surface area (Å²) in [7, 11) is 3.29. The maximum Gasteiger partial charge on any atom is 0.329 e. The molecule has 0 aliphatic heterocycles. The van der Waals surface area contributed by atoms with Crippen LogP contribution < -0.4 is 0 Å². The minimum Gasteiger partial charge on any atom is -0.345 e. The first-order valence-corrected chi connectivity index (χ1v) is 17.3. The second-order valence-corrected chi connectivity index (χ2v) is 19.7. The molecule has 0 saturated heterocycles. The van der Waals surface area contributed by atoms with Gasteiger partial charge in [0.1, 0.15) is 5.47 Å². The molecule has 0 fully saturated rings. The molecule has 12 heteroatoms. The lowest BCUT2D eigenvalue weighted by Gasteiger charge is -2.13. The maximum absolute atomic E-state index is 11.1. The Labute approximate surface area is 161 Å². The summed E-state index contributed by atoms with van der Waals surface area (Å²) in [6.45, 7) is 3.44. The molecule has 150 valence electrons. The molecule has 0 aromatic heterocycles. The number of rotatable bonds is 9. The first-order valence-electron chi connectivity index (χ1n) is 7.16. The van der Waals surface area contributed by atoms with Crippen LogP contribution in [-0.2, 0) is 39.0 Å². The van der Waals surface area contributed by atoms with E-state index in [1.54, 1.807) is 31.7 Å². The SMILES string of the molecule is CCP(=O)(OC)OC.CCP(=O)(OC)SC.CCP(=S)(OC)SC. The molecule has 0 aliphatic rings. The van der Waals surface area contributed by atoms with Crippen LogP contribution in [0, 0.1) is 0 Å². The van der Waals surface area contributed by atoms with Crippen molar-refractivity contribution in [2.24, 2.45) is 0 Å². The molecule has 0 aliphatic carbocycles. The number of hydrogen-bond acceptors (Lipinski definition) is 9. The first-order chi connectivity index (χ1) is 11.0. The van der Waals surface area contributed by atoms with Gasteiger partial charge in [-0.3, -0.25) is 9.13 Å². The molecule has 0 aromatic rings. The van der Waals surface area contributed by atoms with Gasteiger partial charge in [-0.15, -0.1) is 11.4 Å². The van der Waals surface area contributed by atoms with Crippen molar-refractivity contribution in [3.63, 3.8) is 0 Å². The van der Waals surface area contributed by atoms with Crippen LogP contribution in [0.5, 0.6) is 0 Å². The van der Waals surface area contributed by atoms with E-state index in [0.717, 1.165) is 6.16 Å². The van der Waals surface area contributed by atoms with Crippen molar-refractivity contribution in [2.45, 2.75) is 20.8 Å². The molecule has 0 N–H and O–H groups in total. The van der Waals surface area contributed by atoms with Crippen LogP contribution in [0.3, 0.4) is 0 Å². The molecule has 0 heterocycles. The van der Waals surface area contributed by atoms with E-state index in [-0.39, 0.29) is 0 Å². The molecule has 2 unspecified atom stereocenters. The summed E-state index contributed by atoms with van der Waals surface area (Å²) in [6, 6.07) is 0. The molecule has 6 nitrogen and oxygen atoms in total. The summed E-state index contributed by atoms with van der Waals surface area (Å²) < 4.78 is 41.0. The van der Waals surface area contributed by atoms with Crippen molar-refractivity contribution in [2.75, 3.05) is 59.4 Å². The number of hydrogen-bond donors (Lipinski definition) is 0. The van der Waals surface area contributed by atoms with Gasteiger partial charge in [0.15, 0.2) is 0 Å². The second kappa shape index (κ2) is 16.8. The van der Waals surface area contributed by atoms with E-state index in [1.807, 2.05) is 13.2 Å². The Morgan fingerprint density at radius 2 is 1.21 bits per heavy atom. The summed E-state index contributed by atoms with van der Waals surface area (Å²) in [5.74, 6) is 0. The van der Waals surface area contributed by atoms with Crippen LogP contribution in [0.1, 0.15) is 20.8 Å². The Morgan fingerprint density at radius 1 is 0.750 bits per heavy atom. The van der Waals surface area contributed by atoms with Gasteiger partial charge in [-0.1, -0.05) is 44.0 Å². The first kappa shape index (κ1) is 30.4. The molecule has 24 heavy (non-hydrogen) atoms. The predicted molar refractivity (Wildman–Crippen MR) is 116 cm³/mol. The van der Waals surface area contributed by atoms with E-state index < -0.39 is 19.6 Å². The lowest BCUT2D eigenvalue weighted by molar-refractivity contribution is 0.277. The highest BCUT2D eigenvalue weighted by molar-refractivity contribution is 8.69. The topological polar surface area (TPSA) is 71.1 Å². The average Bonchev–Trinajstić information content (AvgIpc) is 2.67. The summed E-state index contributed by atoms with van der Waals surface area (Å²) in [5, 5.41) is 0. The molecule has 0 bridgehead atoms. The van der Waals surface area contributed by atoms with E-state index in [2.05, 4.69) is 16.0 Å². The van der Waals surface area contributed by atoms with E-state index in [4.69, 9.17) is 20.9 Å². The molecule has 0 rings (SSSR count). The molecule has 2 atom stereocenters. The monoisotopic (exact) mass is 462 g/mol. The van der Waals surface area contributed by atoms with E-state index in [0.29, 0.717) is 12.3 Å². The van der Waals surface area contributed by atoms with Crippen molar-refractivity contribution < 1.29 is 27.2 Å². The minimum atomic E-state index is -2.66. The molecule has 0 radical (unpaired) electrons. The van der Waals surface area contributed by atoms with Crippen LogP contribution >= 0.6 is 42.4 Å². The van der Waals surface area contributed by atoms with Gasteiger partial charge in [-0.25, -0.2) is 0 Å². The van der Waals surface area contributed by atoms with Crippen LogP contribution in [0.4, 0.5) is 0 Å². The van der Waals surface area contributed by atoms with Crippen LogP contribution in [0.25, 0.3) is 0 Å². The van der Waals surface area contributed by atoms with Crippen molar-refractivity contribution in [3.8, 4) is 0 Å². The zero-order chi connectivity index (χ0) is 19.9. The minimum absolute atomic E-state index is 0.431. The molecule has 0 spiro atoms. The molecular formula is C12H33O6P3S3. The predicted octanol–water partition coefficient (Wildman–Crippen LogP) is 6.03. The lowest BCUT2D eigenvalue weighted by Crippen LogP contribution is -1.89. The molecule has 0 amide bonds. The second-order valence-electron chi connectivity index (χ2n) is 3.88. The third kappa shape index (κ3) is 14.8. The van der Waals surface area contributed by atoms with Crippen LogP contribution in [0.15, 0.2) is 0 Å². The Balaban J connectivity index is -0.000000276. The summed E-state index contributed by atoms with van der Waals surface area (Å²) in [6.07, 6.45) is 5.84. The Hall–Kier alpha value is 1.65. The largest absolute Gasteiger partial charge is 0.345 e. The van der Waals surface area contributed by atoms with Crippen molar-refractivity contribution in [1.82, 2.24) is 0 Å². The van der Waals surface area contributed by atoms with Gasteiger partial charge in [-0.2, -0.15) is 0 Å². The van der Waals surface area contributed by atoms with Crippen molar-refractivity contribution in [1.29, 1.82) is 0 Å². The maximum atomic E-state index is 11.1. The molecule has 0 saturated carbocycles. The van der Waals surface area contributed by atoms with Gasteiger partial charge in [0.2, 0.25) is 0 Å². The van der Waals surface area contributed by atoms with Gasteiger partial charge < -0.3 is 18.1 Å². The summed E-state index contributed by atoms with van der Waals surface area (Å²) in [4.78, 5) is 0. The van der Waals surface area contributed by atoms with Gasteiger partial charge in [0, 0.05) is 46.9 Å². The highest BCUT2D eigenvalue weighted by atomic mass is 32.9.